The van der Waals surface area contributed by atoms with Crippen molar-refractivity contribution in [1.82, 2.24) is 5.32 Å². The number of benzene rings is 2. The monoisotopic (exact) mass is 420 g/mol. The molecule has 158 valence electrons. The zero-order valence-electron chi connectivity index (χ0n) is 17.2. The van der Waals surface area contributed by atoms with Crippen molar-refractivity contribution in [3.8, 4) is 11.5 Å². The number of sulfonamides is 1. The van der Waals surface area contributed by atoms with Crippen LogP contribution in [-0.4, -0.2) is 47.4 Å². The van der Waals surface area contributed by atoms with Gasteiger partial charge in [-0.2, -0.15) is 0 Å². The van der Waals surface area contributed by atoms with Gasteiger partial charge >= 0.3 is 0 Å². The first-order chi connectivity index (χ1) is 13.8. The summed E-state index contributed by atoms with van der Waals surface area (Å²) in [5.74, 6) is 1.05. The van der Waals surface area contributed by atoms with Gasteiger partial charge in [-0.25, -0.2) is 8.42 Å². The predicted molar refractivity (Wildman–Crippen MR) is 114 cm³/mol. The molecule has 2 aromatic rings. The van der Waals surface area contributed by atoms with Crippen LogP contribution >= 0.6 is 0 Å². The molecule has 2 aromatic carbocycles. The second kappa shape index (κ2) is 10.2. The Balaban J connectivity index is 2.10. The van der Waals surface area contributed by atoms with Gasteiger partial charge in [0.1, 0.15) is 17.5 Å². The Bertz CT molecular complexity index is 896. The number of carbonyl (C=O) groups is 1. The topological polar surface area (TPSA) is 84.9 Å². The molecule has 0 saturated heterocycles. The number of methoxy groups -OCH3 is 2. The molecule has 1 N–H and O–H groups in total. The van der Waals surface area contributed by atoms with Gasteiger partial charge < -0.3 is 14.8 Å². The lowest BCUT2D eigenvalue weighted by atomic mass is 10.1. The molecule has 0 aliphatic carbocycles. The van der Waals surface area contributed by atoms with E-state index in [2.05, 4.69) is 5.32 Å². The Kier molecular flexibility index (Phi) is 7.90. The number of hydrogen-bond acceptors (Lipinski definition) is 5. The number of nitrogens with one attached hydrogen (secondary N) is 1. The summed E-state index contributed by atoms with van der Waals surface area (Å²) in [6, 6.07) is 13.4. The first-order valence-corrected chi connectivity index (χ1v) is 11.2. The molecule has 0 saturated carbocycles. The molecule has 1 atom stereocenters. The summed E-state index contributed by atoms with van der Waals surface area (Å²) in [5.41, 5.74) is 1.47. The minimum absolute atomic E-state index is 0.331. The average Bonchev–Trinajstić information content (AvgIpc) is 2.71. The van der Waals surface area contributed by atoms with Crippen molar-refractivity contribution >= 4 is 21.6 Å². The minimum Gasteiger partial charge on any atom is -0.497 e. The second-order valence-corrected chi connectivity index (χ2v) is 8.43. The van der Waals surface area contributed by atoms with Gasteiger partial charge in [-0.3, -0.25) is 9.10 Å². The summed E-state index contributed by atoms with van der Waals surface area (Å²) in [6.07, 6.45) is 2.07. The van der Waals surface area contributed by atoms with Crippen LogP contribution < -0.4 is 19.1 Å². The number of carbonyl (C=O) groups excluding carboxylic acids is 1. The molecular weight excluding hydrogens is 392 g/mol. The Morgan fingerprint density at radius 1 is 1.00 bits per heavy atom. The van der Waals surface area contributed by atoms with E-state index in [4.69, 9.17) is 9.47 Å². The van der Waals surface area contributed by atoms with Gasteiger partial charge in [0.15, 0.2) is 0 Å². The molecule has 0 aliphatic heterocycles. The van der Waals surface area contributed by atoms with Crippen molar-refractivity contribution in [2.24, 2.45) is 0 Å². The number of hydrogen-bond donors (Lipinski definition) is 1. The summed E-state index contributed by atoms with van der Waals surface area (Å²) >= 11 is 0. The third kappa shape index (κ3) is 6.12. The third-order valence-electron chi connectivity index (χ3n) is 4.53. The fourth-order valence-corrected chi connectivity index (χ4v) is 4.24. The smallest absolute Gasteiger partial charge is 0.243 e. The van der Waals surface area contributed by atoms with E-state index in [1.807, 2.05) is 24.3 Å². The van der Waals surface area contributed by atoms with Gasteiger partial charge in [-0.05, 0) is 54.8 Å². The maximum absolute atomic E-state index is 12.8. The van der Waals surface area contributed by atoms with E-state index in [0.29, 0.717) is 30.8 Å². The number of anilines is 1. The molecule has 0 radical (unpaired) electrons. The lowest BCUT2D eigenvalue weighted by Crippen LogP contribution is -2.49. The lowest BCUT2D eigenvalue weighted by molar-refractivity contribution is -0.122. The molecule has 0 unspecified atom stereocenters. The molecule has 0 aliphatic rings. The standard InChI is InChI=1S/C21H28N2O5S/c1-5-20(21(24)22-15-14-16-6-10-18(27-2)11-7-16)23(29(4,25)26)17-8-12-19(28-3)13-9-17/h6-13,20H,5,14-15H2,1-4H3,(H,22,24)/t20-/m1/s1. The minimum atomic E-state index is -3.66. The van der Waals surface area contributed by atoms with Crippen molar-refractivity contribution in [2.45, 2.75) is 25.8 Å². The van der Waals surface area contributed by atoms with Gasteiger partial charge in [0.05, 0.1) is 26.2 Å². The van der Waals surface area contributed by atoms with Crippen molar-refractivity contribution in [3.63, 3.8) is 0 Å². The first kappa shape index (κ1) is 22.5. The van der Waals surface area contributed by atoms with E-state index in [-0.39, 0.29) is 5.91 Å². The Hall–Kier alpha value is -2.74. The van der Waals surface area contributed by atoms with Crippen molar-refractivity contribution in [2.75, 3.05) is 31.3 Å². The summed E-state index contributed by atoms with van der Waals surface area (Å²) in [6.45, 7) is 2.19. The number of rotatable bonds is 10. The molecule has 0 fully saturated rings. The number of nitrogens with zero attached hydrogens (tertiary/aromatic N) is 1. The fraction of sp³-hybridized carbons (Fsp3) is 0.381. The van der Waals surface area contributed by atoms with E-state index in [0.717, 1.165) is 21.9 Å². The van der Waals surface area contributed by atoms with Crippen LogP contribution in [-0.2, 0) is 21.2 Å². The molecular formula is C21H28N2O5S. The van der Waals surface area contributed by atoms with Crippen LogP contribution in [0.25, 0.3) is 0 Å². The van der Waals surface area contributed by atoms with Crippen LogP contribution in [0.15, 0.2) is 48.5 Å². The first-order valence-electron chi connectivity index (χ1n) is 9.34. The second-order valence-electron chi connectivity index (χ2n) is 6.57. The van der Waals surface area contributed by atoms with Crippen molar-refractivity contribution in [3.05, 3.63) is 54.1 Å². The summed E-state index contributed by atoms with van der Waals surface area (Å²) in [4.78, 5) is 12.8. The highest BCUT2D eigenvalue weighted by Gasteiger charge is 2.31. The maximum Gasteiger partial charge on any atom is 0.243 e. The van der Waals surface area contributed by atoms with Crippen LogP contribution in [0.3, 0.4) is 0 Å². The maximum atomic E-state index is 12.8. The highest BCUT2D eigenvalue weighted by atomic mass is 32.2. The molecule has 8 heteroatoms. The fourth-order valence-electron chi connectivity index (χ4n) is 3.03. The van der Waals surface area contributed by atoms with E-state index in [9.17, 15) is 13.2 Å². The Morgan fingerprint density at radius 2 is 1.52 bits per heavy atom. The highest BCUT2D eigenvalue weighted by Crippen LogP contribution is 2.25. The van der Waals surface area contributed by atoms with Gasteiger partial charge in [-0.15, -0.1) is 0 Å². The van der Waals surface area contributed by atoms with E-state index in [1.165, 1.54) is 7.11 Å². The molecule has 1 amide bonds. The lowest BCUT2D eigenvalue weighted by Gasteiger charge is -2.30. The van der Waals surface area contributed by atoms with Crippen molar-refractivity contribution < 1.29 is 22.7 Å². The Labute approximate surface area is 172 Å². The zero-order valence-corrected chi connectivity index (χ0v) is 18.0. The molecule has 7 nitrogen and oxygen atoms in total. The number of amides is 1. The van der Waals surface area contributed by atoms with E-state index in [1.54, 1.807) is 38.3 Å². The van der Waals surface area contributed by atoms with Gasteiger partial charge in [-0.1, -0.05) is 19.1 Å². The predicted octanol–water partition coefficient (Wildman–Crippen LogP) is 2.61. The quantitative estimate of drug-likeness (QED) is 0.639. The van der Waals surface area contributed by atoms with Crippen LogP contribution in [0.1, 0.15) is 18.9 Å². The normalized spacial score (nSPS) is 12.1. The SMILES string of the molecule is CC[C@H](C(=O)NCCc1ccc(OC)cc1)N(c1ccc(OC)cc1)S(C)(=O)=O. The van der Waals surface area contributed by atoms with Gasteiger partial charge in [0, 0.05) is 6.54 Å². The highest BCUT2D eigenvalue weighted by molar-refractivity contribution is 7.92. The van der Waals surface area contributed by atoms with Gasteiger partial charge in [0.25, 0.3) is 0 Å². The molecule has 2 rings (SSSR count). The molecule has 0 spiro atoms. The third-order valence-corrected chi connectivity index (χ3v) is 5.71. The molecule has 0 aromatic heterocycles. The van der Waals surface area contributed by atoms with Gasteiger partial charge in [0.2, 0.25) is 15.9 Å². The largest absolute Gasteiger partial charge is 0.497 e. The van der Waals surface area contributed by atoms with E-state index >= 15 is 0 Å². The molecule has 0 heterocycles. The van der Waals surface area contributed by atoms with Crippen LogP contribution in [0, 0.1) is 0 Å². The zero-order chi connectivity index (χ0) is 21.4. The Morgan fingerprint density at radius 3 is 1.97 bits per heavy atom. The average molecular weight is 421 g/mol. The van der Waals surface area contributed by atoms with Crippen LogP contribution in [0.4, 0.5) is 5.69 Å². The summed E-state index contributed by atoms with van der Waals surface area (Å²) in [7, 11) is -0.517. The van der Waals surface area contributed by atoms with Crippen molar-refractivity contribution in [1.29, 1.82) is 0 Å². The van der Waals surface area contributed by atoms with E-state index < -0.39 is 16.1 Å². The van der Waals surface area contributed by atoms with Crippen LogP contribution in [0.2, 0.25) is 0 Å². The van der Waals surface area contributed by atoms with Crippen LogP contribution in [0.5, 0.6) is 11.5 Å². The summed E-state index contributed by atoms with van der Waals surface area (Å²) in [5, 5.41) is 2.85. The summed E-state index contributed by atoms with van der Waals surface area (Å²) < 4.78 is 36.3. The molecule has 0 bridgehead atoms. The molecule has 29 heavy (non-hydrogen) atoms. The number of ether oxygens (including phenoxy) is 2.